The maximum atomic E-state index is 11.5. The molecule has 0 spiro atoms. The van der Waals surface area contributed by atoms with Crippen molar-refractivity contribution in [2.75, 3.05) is 6.54 Å². The first kappa shape index (κ1) is 12.8. The molecule has 5 nitrogen and oxygen atoms in total. The molecule has 0 aromatic carbocycles. The van der Waals surface area contributed by atoms with E-state index in [0.29, 0.717) is 12.2 Å². The van der Waals surface area contributed by atoms with Gasteiger partial charge in [0.1, 0.15) is 5.70 Å². The average Bonchev–Trinajstić information content (AvgIpc) is 2.19. The van der Waals surface area contributed by atoms with E-state index in [0.717, 1.165) is 19.3 Å². The van der Waals surface area contributed by atoms with Crippen LogP contribution in [-0.2, 0) is 0 Å². The average molecular weight is 200 g/mol. The molecule has 0 aliphatic heterocycles. The van der Waals surface area contributed by atoms with Gasteiger partial charge in [-0.1, -0.05) is 13.3 Å². The zero-order chi connectivity index (χ0) is 11.0. The Hall–Kier alpha value is -1.20. The fourth-order valence-corrected chi connectivity index (χ4v) is 1.11. The molecular weight excluding hydrogens is 180 g/mol. The van der Waals surface area contributed by atoms with Crippen molar-refractivity contribution in [3.8, 4) is 0 Å². The Morgan fingerprint density at radius 2 is 1.93 bits per heavy atom. The topological polar surface area (TPSA) is 106 Å². The van der Waals surface area contributed by atoms with Crippen molar-refractivity contribution in [1.82, 2.24) is 0 Å². The summed E-state index contributed by atoms with van der Waals surface area (Å²) in [6.07, 6.45) is 5.39. The van der Waals surface area contributed by atoms with Gasteiger partial charge in [-0.3, -0.25) is 0 Å². The van der Waals surface area contributed by atoms with Crippen molar-refractivity contribution in [3.63, 3.8) is 0 Å². The first-order valence-electron chi connectivity index (χ1n) is 4.80. The highest BCUT2D eigenvalue weighted by molar-refractivity contribution is 5.19. The summed E-state index contributed by atoms with van der Waals surface area (Å²) in [5, 5.41) is 11.5. The van der Waals surface area contributed by atoms with Gasteiger partial charge < -0.3 is 27.5 Å². The van der Waals surface area contributed by atoms with Gasteiger partial charge in [0, 0.05) is 6.20 Å². The summed E-state index contributed by atoms with van der Waals surface area (Å²) >= 11 is 0. The van der Waals surface area contributed by atoms with Crippen LogP contribution in [0, 0.1) is 5.21 Å². The summed E-state index contributed by atoms with van der Waals surface area (Å²) in [5.41, 5.74) is 16.6. The number of hydrogen-bond acceptors (Lipinski definition) is 4. The van der Waals surface area contributed by atoms with E-state index in [-0.39, 0.29) is 10.8 Å². The SMILES string of the molecule is CCCCC[NH+]([O-])C(=C\N)/C(N)=C/N. The van der Waals surface area contributed by atoms with E-state index in [1.807, 2.05) is 0 Å². The maximum Gasteiger partial charge on any atom is 0.171 e. The summed E-state index contributed by atoms with van der Waals surface area (Å²) < 4.78 is 0. The Balaban J connectivity index is 4.13. The molecule has 0 bridgehead atoms. The van der Waals surface area contributed by atoms with Gasteiger partial charge in [-0.25, -0.2) is 0 Å². The van der Waals surface area contributed by atoms with Crippen LogP contribution in [-0.4, -0.2) is 6.54 Å². The van der Waals surface area contributed by atoms with Crippen LogP contribution in [0.4, 0.5) is 0 Å². The largest absolute Gasteiger partial charge is 0.629 e. The van der Waals surface area contributed by atoms with Gasteiger partial charge in [0.15, 0.2) is 5.70 Å². The third-order valence-corrected chi connectivity index (χ3v) is 1.97. The lowest BCUT2D eigenvalue weighted by Gasteiger charge is -2.23. The Morgan fingerprint density at radius 3 is 2.36 bits per heavy atom. The van der Waals surface area contributed by atoms with E-state index in [2.05, 4.69) is 6.92 Å². The third kappa shape index (κ3) is 4.15. The minimum Gasteiger partial charge on any atom is -0.629 e. The molecule has 0 rings (SSSR count). The molecule has 14 heavy (non-hydrogen) atoms. The fraction of sp³-hybridized carbons (Fsp3) is 0.556. The minimum absolute atomic E-state index is 0.0415. The molecule has 1 unspecified atom stereocenters. The first-order valence-corrected chi connectivity index (χ1v) is 4.80. The number of unbranched alkanes of at least 4 members (excludes halogenated alkanes) is 2. The number of nitrogens with two attached hydrogens (primary N) is 3. The Labute approximate surface area is 84.8 Å². The van der Waals surface area contributed by atoms with Crippen LogP contribution in [0.15, 0.2) is 23.8 Å². The van der Waals surface area contributed by atoms with E-state index >= 15 is 0 Å². The van der Waals surface area contributed by atoms with E-state index < -0.39 is 0 Å². The standard InChI is InChI=1S/C9H20N4O/c1-2-3-4-5-13(14)9(7-11)8(12)6-10/h6-7,13H,2-5,10-12H2,1H3/b8-6-,9-7-. The van der Waals surface area contributed by atoms with Crippen LogP contribution in [0.2, 0.25) is 0 Å². The molecule has 0 radical (unpaired) electrons. The zero-order valence-electron chi connectivity index (χ0n) is 8.62. The second-order valence-electron chi connectivity index (χ2n) is 3.08. The van der Waals surface area contributed by atoms with Crippen LogP contribution in [0.25, 0.3) is 0 Å². The molecule has 0 aromatic rings. The highest BCUT2D eigenvalue weighted by Crippen LogP contribution is 1.93. The Morgan fingerprint density at radius 1 is 1.29 bits per heavy atom. The number of rotatable bonds is 6. The van der Waals surface area contributed by atoms with Crippen LogP contribution in [0.3, 0.4) is 0 Å². The van der Waals surface area contributed by atoms with E-state index in [1.165, 1.54) is 12.4 Å². The number of hydroxylamine groups is 2. The van der Waals surface area contributed by atoms with Gasteiger partial charge in [0.2, 0.25) is 0 Å². The van der Waals surface area contributed by atoms with Crippen LogP contribution >= 0.6 is 0 Å². The van der Waals surface area contributed by atoms with Crippen molar-refractivity contribution in [2.24, 2.45) is 17.2 Å². The normalized spacial score (nSPS) is 15.6. The van der Waals surface area contributed by atoms with E-state index in [4.69, 9.17) is 17.2 Å². The third-order valence-electron chi connectivity index (χ3n) is 1.97. The fourth-order valence-electron chi connectivity index (χ4n) is 1.11. The van der Waals surface area contributed by atoms with Gasteiger partial charge in [-0.15, -0.1) is 0 Å². The summed E-state index contributed by atoms with van der Waals surface area (Å²) in [4.78, 5) is 0. The van der Waals surface area contributed by atoms with Crippen molar-refractivity contribution in [1.29, 1.82) is 0 Å². The minimum atomic E-state index is -0.0415. The second-order valence-corrected chi connectivity index (χ2v) is 3.08. The molecule has 0 heterocycles. The van der Waals surface area contributed by atoms with Crippen molar-refractivity contribution >= 4 is 0 Å². The molecule has 0 aromatic heterocycles. The van der Waals surface area contributed by atoms with Gasteiger partial charge >= 0.3 is 0 Å². The molecule has 0 saturated carbocycles. The second kappa shape index (κ2) is 7.23. The van der Waals surface area contributed by atoms with Crippen molar-refractivity contribution < 1.29 is 5.06 Å². The van der Waals surface area contributed by atoms with Gasteiger partial charge in [0.25, 0.3) is 0 Å². The summed E-state index contributed by atoms with van der Waals surface area (Å²) in [5.74, 6) is 0. The highest BCUT2D eigenvalue weighted by Gasteiger charge is 2.08. The molecule has 0 aliphatic rings. The molecule has 7 N–H and O–H groups in total. The maximum absolute atomic E-state index is 11.5. The monoisotopic (exact) mass is 200 g/mol. The molecule has 1 atom stereocenters. The smallest absolute Gasteiger partial charge is 0.171 e. The molecular formula is C9H20N4O. The summed E-state index contributed by atoms with van der Waals surface area (Å²) in [6.45, 7) is 2.56. The highest BCUT2D eigenvalue weighted by atomic mass is 16.5. The van der Waals surface area contributed by atoms with E-state index in [1.54, 1.807) is 0 Å². The quantitative estimate of drug-likeness (QED) is 0.254. The van der Waals surface area contributed by atoms with Crippen molar-refractivity contribution in [2.45, 2.75) is 26.2 Å². The Kier molecular flexibility index (Phi) is 6.61. The number of quaternary nitrogens is 1. The first-order chi connectivity index (χ1) is 6.67. The predicted molar refractivity (Wildman–Crippen MR) is 57.4 cm³/mol. The molecule has 0 amide bonds. The lowest BCUT2D eigenvalue weighted by atomic mass is 10.2. The van der Waals surface area contributed by atoms with Crippen molar-refractivity contribution in [3.05, 3.63) is 29.0 Å². The van der Waals surface area contributed by atoms with Crippen LogP contribution < -0.4 is 22.3 Å². The Bertz CT molecular complexity index is 213. The summed E-state index contributed by atoms with van der Waals surface area (Å²) in [7, 11) is 0. The lowest BCUT2D eigenvalue weighted by molar-refractivity contribution is -0.804. The van der Waals surface area contributed by atoms with Gasteiger partial charge in [-0.05, 0) is 12.8 Å². The number of hydrogen-bond donors (Lipinski definition) is 4. The van der Waals surface area contributed by atoms with Crippen LogP contribution in [0.5, 0.6) is 0 Å². The van der Waals surface area contributed by atoms with Gasteiger partial charge in [0.05, 0.1) is 12.7 Å². The van der Waals surface area contributed by atoms with Crippen LogP contribution in [0.1, 0.15) is 26.2 Å². The predicted octanol–water partition coefficient (Wildman–Crippen LogP) is -0.882. The lowest BCUT2D eigenvalue weighted by Crippen LogP contribution is -3.05. The molecule has 5 heteroatoms. The molecule has 82 valence electrons. The molecule has 0 fully saturated rings. The molecule has 0 saturated heterocycles. The molecule has 0 aliphatic carbocycles. The zero-order valence-corrected chi connectivity index (χ0v) is 8.62. The number of nitrogens with one attached hydrogen (secondary N) is 1. The van der Waals surface area contributed by atoms with Gasteiger partial charge in [-0.2, -0.15) is 0 Å². The summed E-state index contributed by atoms with van der Waals surface area (Å²) in [6, 6.07) is 0. The van der Waals surface area contributed by atoms with E-state index in [9.17, 15) is 5.21 Å².